The summed E-state index contributed by atoms with van der Waals surface area (Å²) in [5.74, 6) is -1.32. The minimum Gasteiger partial charge on any atom is -0.481 e. The Hall–Kier alpha value is -1.60. The Morgan fingerprint density at radius 2 is 2.21 bits per heavy atom. The fourth-order valence-electron chi connectivity index (χ4n) is 1.45. The van der Waals surface area contributed by atoms with Crippen LogP contribution in [0.3, 0.4) is 0 Å². The molecule has 0 aliphatic rings. The summed E-state index contributed by atoms with van der Waals surface area (Å²) in [6.45, 7) is 0.114. The molecular formula is C12H15BrN2O4. The minimum atomic E-state index is -0.980. The van der Waals surface area contributed by atoms with Crippen LogP contribution in [0.25, 0.3) is 0 Å². The van der Waals surface area contributed by atoms with E-state index in [4.69, 9.17) is 15.6 Å². The van der Waals surface area contributed by atoms with E-state index in [1.165, 1.54) is 7.11 Å². The third kappa shape index (κ3) is 4.88. The predicted molar refractivity (Wildman–Crippen MR) is 73.9 cm³/mol. The van der Waals surface area contributed by atoms with Gasteiger partial charge < -0.3 is 20.9 Å². The maximum absolute atomic E-state index is 11.9. The third-order valence-electron chi connectivity index (χ3n) is 2.46. The van der Waals surface area contributed by atoms with Crippen molar-refractivity contribution in [1.82, 2.24) is 5.32 Å². The average Bonchev–Trinajstić information content (AvgIpc) is 2.36. The lowest BCUT2D eigenvalue weighted by atomic mass is 10.2. The fourth-order valence-corrected chi connectivity index (χ4v) is 1.88. The van der Waals surface area contributed by atoms with E-state index in [1.54, 1.807) is 18.2 Å². The Balaban J connectivity index is 2.64. The number of ether oxygens (including phenoxy) is 1. The second kappa shape index (κ2) is 7.10. The zero-order valence-corrected chi connectivity index (χ0v) is 11.9. The van der Waals surface area contributed by atoms with Crippen molar-refractivity contribution in [3.8, 4) is 0 Å². The molecule has 4 N–H and O–H groups in total. The highest BCUT2D eigenvalue weighted by molar-refractivity contribution is 9.10. The zero-order valence-electron chi connectivity index (χ0n) is 10.4. The molecule has 104 valence electrons. The lowest BCUT2D eigenvalue weighted by Crippen LogP contribution is -2.34. The van der Waals surface area contributed by atoms with Gasteiger partial charge in [0.1, 0.15) is 0 Å². The number of amides is 1. The van der Waals surface area contributed by atoms with E-state index in [0.29, 0.717) is 15.7 Å². The van der Waals surface area contributed by atoms with E-state index in [9.17, 15) is 9.59 Å². The van der Waals surface area contributed by atoms with Crippen LogP contribution >= 0.6 is 15.9 Å². The van der Waals surface area contributed by atoms with Gasteiger partial charge in [0.15, 0.2) is 0 Å². The number of carboxylic acid groups (broad SMARTS) is 1. The number of benzene rings is 1. The summed E-state index contributed by atoms with van der Waals surface area (Å²) in [6.07, 6.45) is -0.740. The van der Waals surface area contributed by atoms with Gasteiger partial charge in [-0.3, -0.25) is 9.59 Å². The lowest BCUT2D eigenvalue weighted by Gasteiger charge is -2.14. The molecule has 0 saturated carbocycles. The molecule has 7 heteroatoms. The molecule has 1 amide bonds. The van der Waals surface area contributed by atoms with Crippen molar-refractivity contribution in [2.75, 3.05) is 19.4 Å². The molecule has 0 aliphatic heterocycles. The van der Waals surface area contributed by atoms with Crippen LogP contribution in [0.2, 0.25) is 0 Å². The molecule has 6 nitrogen and oxygen atoms in total. The van der Waals surface area contributed by atoms with Crippen LogP contribution in [0, 0.1) is 0 Å². The minimum absolute atomic E-state index is 0.114. The SMILES string of the molecule is COC(CNC(=O)c1cc(N)ccc1Br)CC(=O)O. The Bertz CT molecular complexity index is 479. The van der Waals surface area contributed by atoms with E-state index in [-0.39, 0.29) is 18.9 Å². The zero-order chi connectivity index (χ0) is 14.4. The number of hydrogen-bond donors (Lipinski definition) is 3. The van der Waals surface area contributed by atoms with Gasteiger partial charge in [-0.2, -0.15) is 0 Å². The van der Waals surface area contributed by atoms with Gasteiger partial charge in [0.05, 0.1) is 18.1 Å². The number of carbonyl (C=O) groups excluding carboxylic acids is 1. The Morgan fingerprint density at radius 1 is 1.53 bits per heavy atom. The first-order valence-corrected chi connectivity index (χ1v) is 6.31. The first kappa shape index (κ1) is 15.5. The van der Waals surface area contributed by atoms with Crippen LogP contribution < -0.4 is 11.1 Å². The molecule has 1 rings (SSSR count). The number of halogens is 1. The highest BCUT2D eigenvalue weighted by Gasteiger charge is 2.15. The second-order valence-corrected chi connectivity index (χ2v) is 4.76. The number of carboxylic acids is 1. The van der Waals surface area contributed by atoms with Crippen molar-refractivity contribution in [1.29, 1.82) is 0 Å². The Labute approximate surface area is 119 Å². The van der Waals surface area contributed by atoms with Crippen molar-refractivity contribution in [3.05, 3.63) is 28.2 Å². The number of nitrogens with two attached hydrogens (primary N) is 1. The van der Waals surface area contributed by atoms with Crippen LogP contribution in [-0.2, 0) is 9.53 Å². The molecule has 1 aromatic rings. The highest BCUT2D eigenvalue weighted by atomic mass is 79.9. The topological polar surface area (TPSA) is 102 Å². The number of aliphatic carboxylic acids is 1. The summed E-state index contributed by atoms with van der Waals surface area (Å²) >= 11 is 3.25. The number of hydrogen-bond acceptors (Lipinski definition) is 4. The average molecular weight is 331 g/mol. The maximum atomic E-state index is 11.9. The molecule has 0 spiro atoms. The fraction of sp³-hybridized carbons (Fsp3) is 0.333. The molecular weight excluding hydrogens is 316 g/mol. The largest absolute Gasteiger partial charge is 0.481 e. The number of nitrogens with one attached hydrogen (secondary N) is 1. The summed E-state index contributed by atoms with van der Waals surface area (Å²) in [5.41, 5.74) is 6.48. The Kier molecular flexibility index (Phi) is 5.78. The van der Waals surface area contributed by atoms with Crippen molar-refractivity contribution < 1.29 is 19.4 Å². The van der Waals surface area contributed by atoms with Gasteiger partial charge in [-0.25, -0.2) is 0 Å². The first-order valence-electron chi connectivity index (χ1n) is 5.52. The van der Waals surface area contributed by atoms with Crippen LogP contribution in [-0.4, -0.2) is 36.7 Å². The van der Waals surface area contributed by atoms with Crippen LogP contribution in [0.15, 0.2) is 22.7 Å². The van der Waals surface area contributed by atoms with E-state index >= 15 is 0 Å². The summed E-state index contributed by atoms with van der Waals surface area (Å²) in [6, 6.07) is 4.89. The van der Waals surface area contributed by atoms with Gasteiger partial charge in [0, 0.05) is 23.8 Å². The molecule has 0 heterocycles. The molecule has 0 fully saturated rings. The molecule has 0 radical (unpaired) electrons. The van der Waals surface area contributed by atoms with Crippen molar-refractivity contribution >= 4 is 33.5 Å². The lowest BCUT2D eigenvalue weighted by molar-refractivity contribution is -0.139. The monoisotopic (exact) mass is 330 g/mol. The highest BCUT2D eigenvalue weighted by Crippen LogP contribution is 2.19. The summed E-state index contributed by atoms with van der Waals surface area (Å²) in [4.78, 5) is 22.5. The Morgan fingerprint density at radius 3 is 2.79 bits per heavy atom. The molecule has 1 atom stereocenters. The van der Waals surface area contributed by atoms with E-state index < -0.39 is 12.1 Å². The van der Waals surface area contributed by atoms with Crippen LogP contribution in [0.5, 0.6) is 0 Å². The standard InChI is InChI=1S/C12H15BrN2O4/c1-19-8(5-11(16)17)6-15-12(18)9-4-7(14)2-3-10(9)13/h2-4,8H,5-6,14H2,1H3,(H,15,18)(H,16,17). The molecule has 0 aliphatic carbocycles. The molecule has 1 aromatic carbocycles. The summed E-state index contributed by atoms with van der Waals surface area (Å²) < 4.78 is 5.59. The predicted octanol–water partition coefficient (Wildman–Crippen LogP) is 1.25. The van der Waals surface area contributed by atoms with Crippen molar-refractivity contribution in [2.24, 2.45) is 0 Å². The van der Waals surface area contributed by atoms with Crippen molar-refractivity contribution in [2.45, 2.75) is 12.5 Å². The van der Waals surface area contributed by atoms with Gasteiger partial charge >= 0.3 is 5.97 Å². The van der Waals surface area contributed by atoms with Crippen LogP contribution in [0.4, 0.5) is 5.69 Å². The van der Waals surface area contributed by atoms with Gasteiger partial charge in [-0.05, 0) is 34.1 Å². The molecule has 19 heavy (non-hydrogen) atoms. The molecule has 0 bridgehead atoms. The number of anilines is 1. The number of carbonyl (C=O) groups is 2. The van der Waals surface area contributed by atoms with Gasteiger partial charge in [-0.1, -0.05) is 0 Å². The number of rotatable bonds is 6. The quantitative estimate of drug-likeness (QED) is 0.681. The molecule has 0 aromatic heterocycles. The molecule has 1 unspecified atom stereocenters. The maximum Gasteiger partial charge on any atom is 0.306 e. The van der Waals surface area contributed by atoms with Gasteiger partial charge in [0.25, 0.3) is 5.91 Å². The van der Waals surface area contributed by atoms with Gasteiger partial charge in [0.2, 0.25) is 0 Å². The van der Waals surface area contributed by atoms with Gasteiger partial charge in [-0.15, -0.1) is 0 Å². The molecule has 0 saturated heterocycles. The second-order valence-electron chi connectivity index (χ2n) is 3.90. The smallest absolute Gasteiger partial charge is 0.306 e. The summed E-state index contributed by atoms with van der Waals surface area (Å²) in [5, 5.41) is 11.3. The number of nitrogen functional groups attached to an aromatic ring is 1. The number of methoxy groups -OCH3 is 1. The third-order valence-corrected chi connectivity index (χ3v) is 3.15. The normalized spacial score (nSPS) is 11.9. The van der Waals surface area contributed by atoms with E-state index in [1.807, 2.05) is 0 Å². The summed E-state index contributed by atoms with van der Waals surface area (Å²) in [7, 11) is 1.40. The van der Waals surface area contributed by atoms with E-state index in [2.05, 4.69) is 21.2 Å². The van der Waals surface area contributed by atoms with E-state index in [0.717, 1.165) is 0 Å². The van der Waals surface area contributed by atoms with Crippen LogP contribution in [0.1, 0.15) is 16.8 Å². The first-order chi connectivity index (χ1) is 8.93. The van der Waals surface area contributed by atoms with Crippen molar-refractivity contribution in [3.63, 3.8) is 0 Å².